The van der Waals surface area contributed by atoms with Crippen molar-refractivity contribution in [2.24, 2.45) is 0 Å². The van der Waals surface area contributed by atoms with E-state index >= 15 is 0 Å². The molecule has 0 aliphatic rings. The fourth-order valence-electron chi connectivity index (χ4n) is 1.56. The number of carboxylic acid groups (broad SMARTS) is 1. The Labute approximate surface area is 111 Å². The zero-order valence-corrected chi connectivity index (χ0v) is 11.5. The maximum absolute atomic E-state index is 11.7. The zero-order valence-electron chi connectivity index (χ0n) is 10.7. The first-order chi connectivity index (χ1) is 8.71. The number of carboxylic acids is 1. The number of anilines is 1. The molecule has 0 amide bonds. The van der Waals surface area contributed by atoms with Crippen molar-refractivity contribution in [3.05, 3.63) is 29.8 Å². The predicted octanol–water partition coefficient (Wildman–Crippen LogP) is 1.13. The first kappa shape index (κ1) is 15.2. The van der Waals surface area contributed by atoms with E-state index in [4.69, 9.17) is 5.11 Å². The third-order valence-corrected chi connectivity index (χ3v) is 3.66. The van der Waals surface area contributed by atoms with Gasteiger partial charge in [-0.15, -0.1) is 0 Å². The van der Waals surface area contributed by atoms with Crippen LogP contribution in [0, 0.1) is 0 Å². The summed E-state index contributed by atoms with van der Waals surface area (Å²) in [6.07, 6.45) is 0.687. The molecule has 0 heterocycles. The molecule has 0 atom stereocenters. The van der Waals surface area contributed by atoms with Crippen LogP contribution < -0.4 is 4.31 Å². The second-order valence-electron chi connectivity index (χ2n) is 4.09. The van der Waals surface area contributed by atoms with Gasteiger partial charge in [-0.3, -0.25) is 13.9 Å². The summed E-state index contributed by atoms with van der Waals surface area (Å²) in [5, 5.41) is 8.64. The van der Waals surface area contributed by atoms with E-state index in [9.17, 15) is 18.0 Å². The van der Waals surface area contributed by atoms with E-state index in [0.717, 1.165) is 10.6 Å². The lowest BCUT2D eigenvalue weighted by Crippen LogP contribution is -2.32. The lowest BCUT2D eigenvalue weighted by molar-refractivity contribution is -0.136. The molecule has 1 rings (SSSR count). The minimum absolute atomic E-state index is 0.171. The molecule has 1 aromatic carbocycles. The fraction of sp³-hybridized carbons (Fsp3) is 0.333. The van der Waals surface area contributed by atoms with Gasteiger partial charge in [-0.1, -0.05) is 12.1 Å². The van der Waals surface area contributed by atoms with Gasteiger partial charge in [-0.05, 0) is 19.1 Å². The van der Waals surface area contributed by atoms with E-state index in [0.29, 0.717) is 5.56 Å². The van der Waals surface area contributed by atoms with Crippen LogP contribution in [0.25, 0.3) is 0 Å². The Balaban J connectivity index is 3.14. The summed E-state index contributed by atoms with van der Waals surface area (Å²) in [7, 11) is -3.60. The van der Waals surface area contributed by atoms with Gasteiger partial charge in [0.05, 0.1) is 18.4 Å². The molecule has 0 radical (unpaired) electrons. The van der Waals surface area contributed by atoms with Gasteiger partial charge in [0.2, 0.25) is 10.0 Å². The van der Waals surface area contributed by atoms with E-state index in [1.807, 2.05) is 0 Å². The molecule has 6 nitrogen and oxygen atoms in total. The molecule has 0 saturated heterocycles. The maximum Gasteiger partial charge on any atom is 0.305 e. The van der Waals surface area contributed by atoms with Gasteiger partial charge in [-0.2, -0.15) is 0 Å². The highest BCUT2D eigenvalue weighted by Gasteiger charge is 2.19. The molecule has 19 heavy (non-hydrogen) atoms. The highest BCUT2D eigenvalue weighted by molar-refractivity contribution is 7.92. The molecule has 7 heteroatoms. The van der Waals surface area contributed by atoms with Crippen LogP contribution in [0.5, 0.6) is 0 Å². The van der Waals surface area contributed by atoms with Gasteiger partial charge in [0, 0.05) is 12.1 Å². The number of hydrogen-bond acceptors (Lipinski definition) is 4. The van der Waals surface area contributed by atoms with Crippen LogP contribution in [-0.4, -0.2) is 38.1 Å². The first-order valence-electron chi connectivity index (χ1n) is 5.52. The van der Waals surface area contributed by atoms with Crippen LogP contribution in [0.1, 0.15) is 23.7 Å². The largest absolute Gasteiger partial charge is 0.481 e. The minimum atomic E-state index is -3.60. The summed E-state index contributed by atoms with van der Waals surface area (Å²) >= 11 is 0. The van der Waals surface area contributed by atoms with Crippen molar-refractivity contribution in [3.8, 4) is 0 Å². The van der Waals surface area contributed by atoms with Gasteiger partial charge in [-0.25, -0.2) is 8.42 Å². The van der Waals surface area contributed by atoms with Crippen molar-refractivity contribution in [3.63, 3.8) is 0 Å². The molecule has 0 saturated carbocycles. The summed E-state index contributed by atoms with van der Waals surface area (Å²) in [5.74, 6) is -1.27. The van der Waals surface area contributed by atoms with E-state index < -0.39 is 16.0 Å². The minimum Gasteiger partial charge on any atom is -0.481 e. The normalized spacial score (nSPS) is 11.1. The predicted molar refractivity (Wildman–Crippen MR) is 70.9 cm³/mol. The Hall–Kier alpha value is -1.89. The van der Waals surface area contributed by atoms with Crippen molar-refractivity contribution in [1.82, 2.24) is 0 Å². The molecule has 104 valence electrons. The summed E-state index contributed by atoms with van der Waals surface area (Å²) in [6.45, 7) is 1.21. The summed E-state index contributed by atoms with van der Waals surface area (Å²) < 4.78 is 24.3. The van der Waals surface area contributed by atoms with E-state index in [-0.39, 0.29) is 24.4 Å². The van der Waals surface area contributed by atoms with Gasteiger partial charge in [0.15, 0.2) is 5.78 Å². The molecule has 0 spiro atoms. The number of carbonyl (C=O) groups excluding carboxylic acids is 1. The average Bonchev–Trinajstić information content (AvgIpc) is 2.27. The van der Waals surface area contributed by atoms with Crippen molar-refractivity contribution >= 4 is 27.5 Å². The van der Waals surface area contributed by atoms with Crippen LogP contribution in [0.3, 0.4) is 0 Å². The highest BCUT2D eigenvalue weighted by Crippen LogP contribution is 2.19. The molecule has 0 fully saturated rings. The third-order valence-electron chi connectivity index (χ3n) is 2.47. The van der Waals surface area contributed by atoms with Crippen LogP contribution in [0.15, 0.2) is 24.3 Å². The quantitative estimate of drug-likeness (QED) is 0.791. The van der Waals surface area contributed by atoms with Gasteiger partial charge in [0.25, 0.3) is 0 Å². The molecule has 1 aromatic rings. The second-order valence-corrected chi connectivity index (χ2v) is 5.99. The summed E-state index contributed by atoms with van der Waals surface area (Å²) in [5.41, 5.74) is 0.665. The number of nitrogens with zero attached hydrogens (tertiary/aromatic N) is 1. The van der Waals surface area contributed by atoms with Crippen LogP contribution >= 0.6 is 0 Å². The number of rotatable bonds is 6. The van der Waals surface area contributed by atoms with E-state index in [1.165, 1.54) is 19.1 Å². The highest BCUT2D eigenvalue weighted by atomic mass is 32.2. The van der Waals surface area contributed by atoms with Crippen LogP contribution in [-0.2, 0) is 14.8 Å². The summed E-state index contributed by atoms with van der Waals surface area (Å²) in [6, 6.07) is 6.09. The molecule has 0 aromatic heterocycles. The molecule has 0 bridgehead atoms. The molecule has 1 N–H and O–H groups in total. The lowest BCUT2D eigenvalue weighted by atomic mass is 10.1. The number of carbonyl (C=O) groups is 2. The van der Waals surface area contributed by atoms with E-state index in [2.05, 4.69) is 0 Å². The van der Waals surface area contributed by atoms with Crippen LogP contribution in [0.2, 0.25) is 0 Å². The average molecular weight is 285 g/mol. The SMILES string of the molecule is CC(=O)c1cccc(N(CCC(=O)O)S(C)(=O)=O)c1. The lowest BCUT2D eigenvalue weighted by Gasteiger charge is -2.22. The number of ketones is 1. The van der Waals surface area contributed by atoms with Crippen molar-refractivity contribution < 1.29 is 23.1 Å². The Bertz CT molecular complexity index is 594. The zero-order chi connectivity index (χ0) is 14.6. The standard InChI is InChI=1S/C12H15NO5S/c1-9(14)10-4-3-5-11(8-10)13(19(2,17)18)7-6-12(15)16/h3-5,8H,6-7H2,1-2H3,(H,15,16). The van der Waals surface area contributed by atoms with Crippen LogP contribution in [0.4, 0.5) is 5.69 Å². The van der Waals surface area contributed by atoms with E-state index in [1.54, 1.807) is 12.1 Å². The van der Waals surface area contributed by atoms with Crippen molar-refractivity contribution in [1.29, 1.82) is 0 Å². The molecule has 0 aliphatic carbocycles. The molecule has 0 aliphatic heterocycles. The molecule has 0 unspecified atom stereocenters. The molecular formula is C12H15NO5S. The number of Topliss-reactive ketones (excluding diaryl/α,β-unsaturated/α-hetero) is 1. The van der Waals surface area contributed by atoms with Gasteiger partial charge in [0.1, 0.15) is 0 Å². The molecular weight excluding hydrogens is 270 g/mol. The number of aliphatic carboxylic acids is 1. The Kier molecular flexibility index (Phi) is 4.66. The smallest absolute Gasteiger partial charge is 0.305 e. The number of hydrogen-bond donors (Lipinski definition) is 1. The Morgan fingerprint density at radius 2 is 1.95 bits per heavy atom. The maximum atomic E-state index is 11.7. The first-order valence-corrected chi connectivity index (χ1v) is 7.37. The van der Waals surface area contributed by atoms with Gasteiger partial charge < -0.3 is 5.11 Å². The van der Waals surface area contributed by atoms with Gasteiger partial charge >= 0.3 is 5.97 Å². The topological polar surface area (TPSA) is 91.8 Å². The summed E-state index contributed by atoms with van der Waals surface area (Å²) in [4.78, 5) is 21.8. The van der Waals surface area contributed by atoms with Crippen molar-refractivity contribution in [2.75, 3.05) is 17.1 Å². The number of sulfonamides is 1. The van der Waals surface area contributed by atoms with Crippen molar-refractivity contribution in [2.45, 2.75) is 13.3 Å². The third kappa shape index (κ3) is 4.36. The monoisotopic (exact) mass is 285 g/mol. The number of benzene rings is 1. The fourth-order valence-corrected chi connectivity index (χ4v) is 2.48. The second kappa shape index (κ2) is 5.83. The Morgan fingerprint density at radius 3 is 2.42 bits per heavy atom. The Morgan fingerprint density at radius 1 is 1.32 bits per heavy atom.